The van der Waals surface area contributed by atoms with E-state index >= 15 is 0 Å². The molecule has 1 aliphatic heterocycles. The van der Waals surface area contributed by atoms with Crippen LogP contribution in [0.5, 0.6) is 0 Å². The number of carbonyl (C=O) groups is 2. The van der Waals surface area contributed by atoms with E-state index in [-0.39, 0.29) is 5.91 Å². The second-order valence-electron chi connectivity index (χ2n) is 5.41. The molecule has 1 unspecified atom stereocenters. The topological polar surface area (TPSA) is 88.3 Å². The summed E-state index contributed by atoms with van der Waals surface area (Å²) in [4.78, 5) is 29.6. The number of hydrogen-bond acceptors (Lipinski definition) is 5. The fourth-order valence-corrected chi connectivity index (χ4v) is 3.41. The molecule has 0 aromatic carbocycles. The lowest BCUT2D eigenvalue weighted by molar-refractivity contribution is -0.131. The number of hydrazine groups is 1. The number of amides is 2. The summed E-state index contributed by atoms with van der Waals surface area (Å²) in [6.45, 7) is 3.44. The first-order valence-corrected chi connectivity index (χ1v) is 8.25. The Hall–Kier alpha value is -1.47. The molecule has 1 fully saturated rings. The summed E-state index contributed by atoms with van der Waals surface area (Å²) in [5.74, 6) is 5.53. The van der Waals surface area contributed by atoms with Gasteiger partial charge in [-0.1, -0.05) is 19.8 Å². The van der Waals surface area contributed by atoms with Crippen LogP contribution in [0.4, 0.5) is 0 Å². The predicted molar refractivity (Wildman–Crippen MR) is 81.4 cm³/mol. The fourth-order valence-electron chi connectivity index (χ4n) is 2.70. The van der Waals surface area contributed by atoms with Crippen molar-refractivity contribution < 1.29 is 9.59 Å². The summed E-state index contributed by atoms with van der Waals surface area (Å²) in [6, 6.07) is 0. The Labute approximate surface area is 128 Å². The number of rotatable bonds is 5. The predicted octanol–water partition coefficient (Wildman–Crippen LogP) is 1.68. The molecule has 21 heavy (non-hydrogen) atoms. The number of nitrogens with two attached hydrogens (primary N) is 1. The number of carbonyl (C=O) groups excluding carboxylic acids is 2. The van der Waals surface area contributed by atoms with Gasteiger partial charge in [0.05, 0.1) is 12.2 Å². The van der Waals surface area contributed by atoms with E-state index in [9.17, 15) is 9.59 Å². The van der Waals surface area contributed by atoms with Crippen molar-refractivity contribution in [3.8, 4) is 0 Å². The van der Waals surface area contributed by atoms with E-state index in [2.05, 4.69) is 17.3 Å². The minimum atomic E-state index is -0.392. The standard InChI is InChI=1S/C14H22N4O2S/c1-2-3-10-4-5-12(19)18(7-6-10)8-11-9-21-14(16-11)13(20)17-15/h9-10H,2-8,15H2,1H3,(H,17,20). The van der Waals surface area contributed by atoms with E-state index < -0.39 is 5.91 Å². The van der Waals surface area contributed by atoms with Crippen LogP contribution in [0.25, 0.3) is 0 Å². The molecule has 0 bridgehead atoms. The molecule has 0 radical (unpaired) electrons. The molecular formula is C14H22N4O2S. The maximum Gasteiger partial charge on any atom is 0.294 e. The van der Waals surface area contributed by atoms with E-state index in [1.54, 1.807) is 0 Å². The van der Waals surface area contributed by atoms with Crippen molar-refractivity contribution in [2.45, 2.75) is 45.6 Å². The molecule has 0 spiro atoms. The number of thiazole rings is 1. The third kappa shape index (κ3) is 4.25. The second-order valence-corrected chi connectivity index (χ2v) is 6.27. The largest absolute Gasteiger partial charge is 0.337 e. The molecular weight excluding hydrogens is 288 g/mol. The smallest absolute Gasteiger partial charge is 0.294 e. The summed E-state index contributed by atoms with van der Waals surface area (Å²) in [6.07, 6.45) is 5.02. The van der Waals surface area contributed by atoms with Gasteiger partial charge >= 0.3 is 0 Å². The van der Waals surface area contributed by atoms with Gasteiger partial charge in [0, 0.05) is 18.3 Å². The van der Waals surface area contributed by atoms with Crippen LogP contribution in [0, 0.1) is 5.92 Å². The maximum atomic E-state index is 12.2. The van der Waals surface area contributed by atoms with E-state index in [1.807, 2.05) is 10.3 Å². The minimum Gasteiger partial charge on any atom is -0.337 e. The third-order valence-electron chi connectivity index (χ3n) is 3.85. The number of aromatic nitrogens is 1. The molecule has 0 aliphatic carbocycles. The normalized spacial score (nSPS) is 19.4. The van der Waals surface area contributed by atoms with Crippen molar-refractivity contribution in [1.29, 1.82) is 0 Å². The third-order valence-corrected chi connectivity index (χ3v) is 4.74. The number of nitrogens with zero attached hydrogens (tertiary/aromatic N) is 2. The Bertz CT molecular complexity index is 503. The van der Waals surface area contributed by atoms with Crippen molar-refractivity contribution in [3.05, 3.63) is 16.1 Å². The lowest BCUT2D eigenvalue weighted by atomic mass is 9.96. The van der Waals surface area contributed by atoms with Gasteiger partial charge in [0.1, 0.15) is 0 Å². The van der Waals surface area contributed by atoms with Gasteiger partial charge in [-0.15, -0.1) is 11.3 Å². The summed E-state index contributed by atoms with van der Waals surface area (Å²) in [5.41, 5.74) is 2.82. The van der Waals surface area contributed by atoms with Gasteiger partial charge in [-0.3, -0.25) is 15.0 Å². The monoisotopic (exact) mass is 310 g/mol. The van der Waals surface area contributed by atoms with Gasteiger partial charge in [0.15, 0.2) is 5.01 Å². The number of likely N-dealkylation sites (tertiary alicyclic amines) is 1. The minimum absolute atomic E-state index is 0.187. The average molecular weight is 310 g/mol. The molecule has 116 valence electrons. The Kier molecular flexibility index (Phi) is 5.69. The van der Waals surface area contributed by atoms with Gasteiger partial charge in [-0.05, 0) is 18.8 Å². The van der Waals surface area contributed by atoms with E-state index in [1.165, 1.54) is 24.2 Å². The molecule has 0 saturated carbocycles. The lowest BCUT2D eigenvalue weighted by Gasteiger charge is -2.19. The maximum absolute atomic E-state index is 12.2. The number of nitrogen functional groups attached to an aromatic ring is 1. The molecule has 2 amide bonds. The Morgan fingerprint density at radius 1 is 1.57 bits per heavy atom. The summed E-state index contributed by atoms with van der Waals surface area (Å²) in [7, 11) is 0. The van der Waals surface area contributed by atoms with Crippen molar-refractivity contribution >= 4 is 23.2 Å². The van der Waals surface area contributed by atoms with Crippen LogP contribution in [0.3, 0.4) is 0 Å². The number of hydrogen-bond donors (Lipinski definition) is 2. The highest BCUT2D eigenvalue weighted by Crippen LogP contribution is 2.24. The molecule has 1 saturated heterocycles. The Balaban J connectivity index is 1.96. The SMILES string of the molecule is CCCC1CCC(=O)N(Cc2csc(C(=O)NN)n2)CC1. The van der Waals surface area contributed by atoms with Crippen molar-refractivity contribution in [3.63, 3.8) is 0 Å². The van der Waals surface area contributed by atoms with E-state index in [4.69, 9.17) is 5.84 Å². The van der Waals surface area contributed by atoms with E-state index in [0.717, 1.165) is 25.1 Å². The van der Waals surface area contributed by atoms with E-state index in [0.29, 0.717) is 23.9 Å². The summed E-state index contributed by atoms with van der Waals surface area (Å²) in [5, 5.41) is 2.14. The molecule has 7 heteroatoms. The van der Waals surface area contributed by atoms with Crippen LogP contribution in [0.1, 0.15) is 54.5 Å². The highest BCUT2D eigenvalue weighted by molar-refractivity contribution is 7.11. The fraction of sp³-hybridized carbons (Fsp3) is 0.643. The van der Waals surface area contributed by atoms with Crippen LogP contribution in [-0.2, 0) is 11.3 Å². The van der Waals surface area contributed by atoms with Crippen molar-refractivity contribution in [2.75, 3.05) is 6.54 Å². The molecule has 2 heterocycles. The summed E-state index contributed by atoms with van der Waals surface area (Å²) >= 11 is 1.24. The molecule has 1 aromatic rings. The first-order valence-electron chi connectivity index (χ1n) is 7.37. The zero-order valence-electron chi connectivity index (χ0n) is 12.3. The highest BCUT2D eigenvalue weighted by Gasteiger charge is 2.23. The van der Waals surface area contributed by atoms with Crippen molar-refractivity contribution in [2.24, 2.45) is 11.8 Å². The van der Waals surface area contributed by atoms with Gasteiger partial charge < -0.3 is 4.90 Å². The van der Waals surface area contributed by atoms with Gasteiger partial charge in [0.25, 0.3) is 5.91 Å². The molecule has 2 rings (SSSR count). The highest BCUT2D eigenvalue weighted by atomic mass is 32.1. The van der Waals surface area contributed by atoms with Gasteiger partial charge in [-0.2, -0.15) is 0 Å². The quantitative estimate of drug-likeness (QED) is 0.492. The van der Waals surface area contributed by atoms with Gasteiger partial charge in [0.2, 0.25) is 5.91 Å². The van der Waals surface area contributed by atoms with Gasteiger partial charge in [-0.25, -0.2) is 10.8 Å². The lowest BCUT2D eigenvalue weighted by Crippen LogP contribution is -2.31. The summed E-state index contributed by atoms with van der Waals surface area (Å²) < 4.78 is 0. The van der Waals surface area contributed by atoms with Crippen LogP contribution < -0.4 is 11.3 Å². The molecule has 1 aromatic heterocycles. The second kappa shape index (κ2) is 7.51. The van der Waals surface area contributed by atoms with Crippen LogP contribution >= 0.6 is 11.3 Å². The first kappa shape index (κ1) is 15.9. The molecule has 6 nitrogen and oxygen atoms in total. The first-order chi connectivity index (χ1) is 10.1. The molecule has 1 atom stereocenters. The Morgan fingerprint density at radius 3 is 3.10 bits per heavy atom. The van der Waals surface area contributed by atoms with Crippen LogP contribution in [0.15, 0.2) is 5.38 Å². The Morgan fingerprint density at radius 2 is 2.38 bits per heavy atom. The zero-order chi connectivity index (χ0) is 15.2. The number of nitrogens with one attached hydrogen (secondary N) is 1. The van der Waals surface area contributed by atoms with Crippen LogP contribution in [-0.4, -0.2) is 28.2 Å². The van der Waals surface area contributed by atoms with Crippen LogP contribution in [0.2, 0.25) is 0 Å². The average Bonchev–Trinajstić information content (AvgIpc) is 2.88. The molecule has 3 N–H and O–H groups in total. The molecule has 1 aliphatic rings. The zero-order valence-corrected chi connectivity index (χ0v) is 13.1. The van der Waals surface area contributed by atoms with Crippen molar-refractivity contribution in [1.82, 2.24) is 15.3 Å².